The van der Waals surface area contributed by atoms with Crippen molar-refractivity contribution in [1.29, 1.82) is 0 Å². The lowest BCUT2D eigenvalue weighted by molar-refractivity contribution is -0.312. The Morgan fingerprint density at radius 3 is 1.69 bits per heavy atom. The molecule has 0 saturated heterocycles. The quantitative estimate of drug-likeness (QED) is 0.188. The SMILES string of the molecule is O=C([O-])/C=C\C=C(C(=O)[O-])C(=O)[O-]. The first kappa shape index (κ1) is 10.9. The number of aliphatic carboxylic acids is 3. The van der Waals surface area contributed by atoms with Crippen LogP contribution in [0.5, 0.6) is 0 Å². The average molecular weight is 183 g/mol. The van der Waals surface area contributed by atoms with E-state index in [-0.39, 0.29) is 0 Å². The van der Waals surface area contributed by atoms with Crippen LogP contribution in [0.1, 0.15) is 0 Å². The van der Waals surface area contributed by atoms with Gasteiger partial charge in [0, 0.05) is 5.57 Å². The summed E-state index contributed by atoms with van der Waals surface area (Å²) in [7, 11) is 0. The lowest BCUT2D eigenvalue weighted by Gasteiger charge is -2.07. The topological polar surface area (TPSA) is 120 Å². The fourth-order valence-corrected chi connectivity index (χ4v) is 0.442. The van der Waals surface area contributed by atoms with Crippen molar-refractivity contribution in [2.45, 2.75) is 0 Å². The van der Waals surface area contributed by atoms with E-state index in [1.165, 1.54) is 0 Å². The molecule has 70 valence electrons. The van der Waals surface area contributed by atoms with Gasteiger partial charge in [0.25, 0.3) is 0 Å². The first-order valence-corrected chi connectivity index (χ1v) is 2.97. The summed E-state index contributed by atoms with van der Waals surface area (Å²) >= 11 is 0. The number of hydrogen-bond acceptors (Lipinski definition) is 6. The monoisotopic (exact) mass is 183 g/mol. The van der Waals surface area contributed by atoms with Crippen molar-refractivity contribution in [1.82, 2.24) is 0 Å². The molecule has 0 unspecified atom stereocenters. The molecule has 0 rings (SSSR count). The largest absolute Gasteiger partial charge is 0.545 e. The van der Waals surface area contributed by atoms with Crippen LogP contribution in [0.25, 0.3) is 0 Å². The van der Waals surface area contributed by atoms with Gasteiger partial charge in [-0.15, -0.1) is 0 Å². The summed E-state index contributed by atoms with van der Waals surface area (Å²) in [5.74, 6) is -5.49. The highest BCUT2D eigenvalue weighted by Gasteiger charge is 1.96. The Bertz CT molecular complexity index is 282. The van der Waals surface area contributed by atoms with Crippen molar-refractivity contribution in [2.24, 2.45) is 0 Å². The minimum atomic E-state index is -1.96. The highest BCUT2D eigenvalue weighted by molar-refractivity contribution is 6.10. The molecule has 13 heavy (non-hydrogen) atoms. The molecule has 0 aromatic heterocycles. The summed E-state index contributed by atoms with van der Waals surface area (Å²) in [5.41, 5.74) is -1.14. The molecular formula is C7H3O6-3. The predicted molar refractivity (Wildman–Crippen MR) is 32.2 cm³/mol. The maximum Gasteiger partial charge on any atom is 0.0733 e. The molecule has 0 radical (unpaired) electrons. The molecule has 0 aliphatic carbocycles. The molecule has 0 fully saturated rings. The van der Waals surface area contributed by atoms with Crippen molar-refractivity contribution in [3.8, 4) is 0 Å². The molecule has 0 N–H and O–H groups in total. The summed E-state index contributed by atoms with van der Waals surface area (Å²) in [4.78, 5) is 29.8. The third-order valence-electron chi connectivity index (χ3n) is 0.935. The van der Waals surface area contributed by atoms with Gasteiger partial charge < -0.3 is 29.7 Å². The van der Waals surface area contributed by atoms with Crippen molar-refractivity contribution in [2.75, 3.05) is 0 Å². The number of rotatable bonds is 4. The van der Waals surface area contributed by atoms with Crippen LogP contribution in [-0.2, 0) is 14.4 Å². The summed E-state index contributed by atoms with van der Waals surface area (Å²) in [6.45, 7) is 0. The van der Waals surface area contributed by atoms with Crippen LogP contribution < -0.4 is 15.3 Å². The lowest BCUT2D eigenvalue weighted by atomic mass is 10.2. The Kier molecular flexibility index (Phi) is 3.94. The van der Waals surface area contributed by atoms with E-state index in [9.17, 15) is 29.7 Å². The number of hydrogen-bond donors (Lipinski definition) is 0. The van der Waals surface area contributed by atoms with Crippen LogP contribution in [0.4, 0.5) is 0 Å². The first-order valence-electron chi connectivity index (χ1n) is 2.97. The predicted octanol–water partition coefficient (Wildman–Crippen LogP) is -4.28. The third kappa shape index (κ3) is 4.35. The molecule has 0 saturated carbocycles. The summed E-state index contributed by atoms with van der Waals surface area (Å²) in [6, 6.07) is 0. The number of carbonyl (C=O) groups is 3. The summed E-state index contributed by atoms with van der Waals surface area (Å²) in [6.07, 6.45) is 1.68. The second-order valence-electron chi connectivity index (χ2n) is 1.83. The number of carbonyl (C=O) groups excluding carboxylic acids is 3. The number of carboxylic acids is 3. The van der Waals surface area contributed by atoms with Crippen LogP contribution in [0.15, 0.2) is 23.8 Å². The fourth-order valence-electron chi connectivity index (χ4n) is 0.442. The standard InChI is InChI=1S/C7H6O6/c8-5(9)3-1-2-4(6(10)11)7(12)13/h1-3H,(H,8,9)(H,10,11)(H,12,13)/p-3/b3-1-. The molecule has 0 amide bonds. The molecule has 0 aliphatic rings. The van der Waals surface area contributed by atoms with Crippen LogP contribution in [0.3, 0.4) is 0 Å². The van der Waals surface area contributed by atoms with E-state index in [1.807, 2.05) is 0 Å². The van der Waals surface area contributed by atoms with Crippen molar-refractivity contribution < 1.29 is 29.7 Å². The number of carboxylic acid groups (broad SMARTS) is 3. The minimum absolute atomic E-state index is 0.464. The van der Waals surface area contributed by atoms with E-state index in [1.54, 1.807) is 0 Å². The molecule has 0 aromatic carbocycles. The van der Waals surface area contributed by atoms with E-state index >= 15 is 0 Å². The van der Waals surface area contributed by atoms with Gasteiger partial charge in [-0.1, -0.05) is 12.2 Å². The Morgan fingerprint density at radius 1 is 0.923 bits per heavy atom. The van der Waals surface area contributed by atoms with E-state index in [0.717, 1.165) is 0 Å². The van der Waals surface area contributed by atoms with Gasteiger partial charge in [-0.2, -0.15) is 0 Å². The van der Waals surface area contributed by atoms with Gasteiger partial charge in [0.1, 0.15) is 0 Å². The fraction of sp³-hybridized carbons (Fsp3) is 0. The Balaban J connectivity index is 4.66. The average Bonchev–Trinajstić information content (AvgIpc) is 1.95. The van der Waals surface area contributed by atoms with E-state index < -0.39 is 23.5 Å². The summed E-state index contributed by atoms with van der Waals surface area (Å²) < 4.78 is 0. The van der Waals surface area contributed by atoms with Gasteiger partial charge >= 0.3 is 0 Å². The second-order valence-corrected chi connectivity index (χ2v) is 1.83. The van der Waals surface area contributed by atoms with Gasteiger partial charge in [-0.05, 0) is 6.08 Å². The molecular weight excluding hydrogens is 180 g/mol. The van der Waals surface area contributed by atoms with Gasteiger partial charge in [0.15, 0.2) is 0 Å². The van der Waals surface area contributed by atoms with Crippen molar-refractivity contribution >= 4 is 17.9 Å². The molecule has 0 atom stereocenters. The zero-order valence-electron chi connectivity index (χ0n) is 6.18. The van der Waals surface area contributed by atoms with Crippen molar-refractivity contribution in [3.63, 3.8) is 0 Å². The Morgan fingerprint density at radius 2 is 1.38 bits per heavy atom. The van der Waals surface area contributed by atoms with E-state index in [0.29, 0.717) is 18.2 Å². The van der Waals surface area contributed by atoms with Crippen LogP contribution in [0, 0.1) is 0 Å². The molecule has 0 bridgehead atoms. The minimum Gasteiger partial charge on any atom is -0.545 e. The molecule has 0 spiro atoms. The molecule has 0 aromatic rings. The molecule has 6 heteroatoms. The molecule has 0 aliphatic heterocycles. The highest BCUT2D eigenvalue weighted by atomic mass is 16.4. The second kappa shape index (κ2) is 4.70. The zero-order chi connectivity index (χ0) is 10.4. The van der Waals surface area contributed by atoms with Gasteiger partial charge in [-0.3, -0.25) is 0 Å². The third-order valence-corrected chi connectivity index (χ3v) is 0.935. The van der Waals surface area contributed by atoms with Gasteiger partial charge in [-0.25, -0.2) is 0 Å². The summed E-state index contributed by atoms with van der Waals surface area (Å²) in [5, 5.41) is 29.8. The van der Waals surface area contributed by atoms with Crippen LogP contribution in [-0.4, -0.2) is 17.9 Å². The molecule has 0 heterocycles. The maximum atomic E-state index is 10.0. The zero-order valence-corrected chi connectivity index (χ0v) is 6.18. The normalized spacial score (nSPS) is 9.54. The Hall–Kier alpha value is -2.11. The maximum absolute atomic E-state index is 10.0. The van der Waals surface area contributed by atoms with E-state index in [4.69, 9.17) is 0 Å². The van der Waals surface area contributed by atoms with Crippen LogP contribution >= 0.6 is 0 Å². The first-order chi connectivity index (χ1) is 5.95. The van der Waals surface area contributed by atoms with Gasteiger partial charge in [0.05, 0.1) is 17.9 Å². The van der Waals surface area contributed by atoms with Gasteiger partial charge in [0.2, 0.25) is 0 Å². The molecule has 6 nitrogen and oxygen atoms in total. The van der Waals surface area contributed by atoms with Crippen molar-refractivity contribution in [3.05, 3.63) is 23.8 Å². The van der Waals surface area contributed by atoms with E-state index in [2.05, 4.69) is 0 Å². The van der Waals surface area contributed by atoms with Crippen LogP contribution in [0.2, 0.25) is 0 Å². The number of allylic oxidation sites excluding steroid dienone is 2. The lowest BCUT2D eigenvalue weighted by Crippen LogP contribution is -2.36. The Labute approximate surface area is 72.4 Å². The smallest absolute Gasteiger partial charge is 0.0733 e. The highest BCUT2D eigenvalue weighted by Crippen LogP contribution is 1.90.